The molecule has 35 heavy (non-hydrogen) atoms. The lowest BCUT2D eigenvalue weighted by atomic mass is 9.97. The van der Waals surface area contributed by atoms with E-state index in [-0.39, 0.29) is 35.3 Å². The quantitative estimate of drug-likeness (QED) is 0.430. The molecule has 0 unspecified atom stereocenters. The van der Waals surface area contributed by atoms with Crippen molar-refractivity contribution >= 4 is 43.3 Å². The minimum absolute atomic E-state index is 0.203. The van der Waals surface area contributed by atoms with Crippen molar-refractivity contribution in [2.45, 2.75) is 31.6 Å². The van der Waals surface area contributed by atoms with E-state index in [0.717, 1.165) is 5.56 Å². The summed E-state index contributed by atoms with van der Waals surface area (Å²) in [6.45, 7) is 4.24. The highest BCUT2D eigenvalue weighted by Crippen LogP contribution is 2.30. The molecule has 0 aliphatic carbocycles. The van der Waals surface area contributed by atoms with Crippen LogP contribution in [-0.2, 0) is 14.8 Å². The first-order chi connectivity index (χ1) is 16.7. The number of anilines is 1. The van der Waals surface area contributed by atoms with Gasteiger partial charge in [-0.15, -0.1) is 0 Å². The van der Waals surface area contributed by atoms with E-state index in [1.165, 1.54) is 26.4 Å². The second kappa shape index (κ2) is 9.14. The van der Waals surface area contributed by atoms with Gasteiger partial charge in [0.2, 0.25) is 21.1 Å². The van der Waals surface area contributed by atoms with Crippen LogP contribution in [0.5, 0.6) is 0 Å². The Bertz CT molecular complexity index is 1500. The van der Waals surface area contributed by atoms with Gasteiger partial charge in [-0.05, 0) is 51.0 Å². The minimum atomic E-state index is -3.59. The molecule has 2 aromatic carbocycles. The number of thiazole rings is 1. The van der Waals surface area contributed by atoms with Gasteiger partial charge in [-0.2, -0.15) is 14.1 Å². The van der Waals surface area contributed by atoms with Crippen molar-refractivity contribution in [2.75, 3.05) is 18.4 Å². The lowest BCUT2D eigenvalue weighted by Gasteiger charge is -2.30. The lowest BCUT2D eigenvalue weighted by molar-refractivity contribution is -0.120. The number of aromatic nitrogens is 3. The molecule has 4 aromatic rings. The topological polar surface area (TPSA) is 97.2 Å². The van der Waals surface area contributed by atoms with Crippen LogP contribution in [0, 0.1) is 25.6 Å². The van der Waals surface area contributed by atoms with Gasteiger partial charge < -0.3 is 5.32 Å². The number of para-hydroxylation sites is 1. The Morgan fingerprint density at radius 2 is 1.83 bits per heavy atom. The van der Waals surface area contributed by atoms with Crippen LogP contribution in [0.2, 0.25) is 0 Å². The van der Waals surface area contributed by atoms with E-state index in [1.807, 2.05) is 6.92 Å². The minimum Gasteiger partial charge on any atom is -0.310 e. The van der Waals surface area contributed by atoms with Gasteiger partial charge in [0.15, 0.2) is 0 Å². The fourth-order valence-corrected chi connectivity index (χ4v) is 6.59. The molecule has 11 heteroatoms. The van der Waals surface area contributed by atoms with Crippen LogP contribution in [0.25, 0.3) is 15.3 Å². The maximum Gasteiger partial charge on any atom is 0.243 e. The van der Waals surface area contributed by atoms with E-state index >= 15 is 0 Å². The van der Waals surface area contributed by atoms with Crippen LogP contribution in [0.1, 0.15) is 24.1 Å². The van der Waals surface area contributed by atoms with Crippen molar-refractivity contribution in [3.63, 3.8) is 0 Å². The molecule has 1 N–H and O–H groups in total. The normalized spacial score (nSPS) is 15.5. The Morgan fingerprint density at radius 3 is 2.51 bits per heavy atom. The molecule has 1 aliphatic rings. The summed E-state index contributed by atoms with van der Waals surface area (Å²) in [7, 11) is -3.59. The van der Waals surface area contributed by atoms with Crippen LogP contribution >= 0.6 is 11.3 Å². The molecule has 182 valence electrons. The average molecular weight is 514 g/mol. The predicted molar refractivity (Wildman–Crippen MR) is 133 cm³/mol. The van der Waals surface area contributed by atoms with Gasteiger partial charge in [0.1, 0.15) is 17.2 Å². The van der Waals surface area contributed by atoms with Gasteiger partial charge in [0, 0.05) is 25.1 Å². The molecule has 0 atom stereocenters. The van der Waals surface area contributed by atoms with Gasteiger partial charge in [-0.3, -0.25) is 4.79 Å². The van der Waals surface area contributed by atoms with Crippen molar-refractivity contribution in [3.8, 4) is 5.13 Å². The number of benzene rings is 2. The molecule has 5 rings (SSSR count). The summed E-state index contributed by atoms with van der Waals surface area (Å²) in [4.78, 5) is 17.7. The third-order valence-corrected chi connectivity index (χ3v) is 9.01. The SMILES string of the molecule is Cc1ccc(S(=O)(=O)N2CCC(C(=O)Nc3cc(C)nn3-c3nc4c(F)cccc4s3)CC2)cc1. The molecular formula is C24H24FN5O3S2. The van der Waals surface area contributed by atoms with Gasteiger partial charge in [-0.1, -0.05) is 35.1 Å². The van der Waals surface area contributed by atoms with Crippen molar-refractivity contribution in [3.05, 3.63) is 65.6 Å². The summed E-state index contributed by atoms with van der Waals surface area (Å²) in [6.07, 6.45) is 0.826. The molecule has 0 radical (unpaired) electrons. The number of carbonyl (C=O) groups is 1. The summed E-state index contributed by atoms with van der Waals surface area (Å²) >= 11 is 1.28. The van der Waals surface area contributed by atoms with Crippen molar-refractivity contribution < 1.29 is 17.6 Å². The predicted octanol–water partition coefficient (Wildman–Crippen LogP) is 4.28. The number of carbonyl (C=O) groups excluding carboxylic acids is 1. The second-order valence-corrected chi connectivity index (χ2v) is 11.6. The van der Waals surface area contributed by atoms with Crippen molar-refractivity contribution in [1.82, 2.24) is 19.1 Å². The Balaban J connectivity index is 1.29. The van der Waals surface area contributed by atoms with Crippen molar-refractivity contribution in [1.29, 1.82) is 0 Å². The Morgan fingerprint density at radius 1 is 1.11 bits per heavy atom. The van der Waals surface area contributed by atoms with E-state index in [4.69, 9.17) is 0 Å². The number of nitrogens with one attached hydrogen (secondary N) is 1. The molecule has 1 amide bonds. The molecule has 2 aromatic heterocycles. The highest BCUT2D eigenvalue weighted by atomic mass is 32.2. The van der Waals surface area contributed by atoms with E-state index in [9.17, 15) is 17.6 Å². The fourth-order valence-electron chi connectivity index (χ4n) is 4.17. The van der Waals surface area contributed by atoms with Gasteiger partial charge in [-0.25, -0.2) is 17.8 Å². The van der Waals surface area contributed by atoms with E-state index < -0.39 is 15.8 Å². The number of fused-ring (bicyclic) bond motifs is 1. The number of hydrogen-bond donors (Lipinski definition) is 1. The first-order valence-corrected chi connectivity index (χ1v) is 13.5. The molecule has 1 fully saturated rings. The first kappa shape index (κ1) is 23.6. The number of piperidine rings is 1. The van der Waals surface area contributed by atoms with Crippen molar-refractivity contribution in [2.24, 2.45) is 5.92 Å². The van der Waals surface area contributed by atoms with Crippen LogP contribution in [0.4, 0.5) is 10.2 Å². The third kappa shape index (κ3) is 4.58. The summed E-state index contributed by atoms with van der Waals surface area (Å²) in [5.74, 6) is -0.504. The third-order valence-electron chi connectivity index (χ3n) is 6.11. The molecule has 0 bridgehead atoms. The Hall–Kier alpha value is -3.15. The number of halogens is 1. The largest absolute Gasteiger partial charge is 0.310 e. The van der Waals surface area contributed by atoms with Gasteiger partial charge in [0.05, 0.1) is 15.3 Å². The van der Waals surface area contributed by atoms with E-state index in [2.05, 4.69) is 15.4 Å². The number of sulfonamides is 1. The standard InChI is InChI=1S/C24H24FN5O3S2/c1-15-6-8-18(9-7-15)35(32,33)29-12-10-17(11-13-29)23(31)26-21-14-16(2)28-30(21)24-27-22-19(25)4-3-5-20(22)34-24/h3-9,14,17H,10-13H2,1-2H3,(H,26,31). The zero-order valence-corrected chi connectivity index (χ0v) is 20.9. The zero-order chi connectivity index (χ0) is 24.7. The number of nitrogens with zero attached hydrogens (tertiary/aromatic N) is 4. The van der Waals surface area contributed by atoms with Gasteiger partial charge >= 0.3 is 0 Å². The van der Waals surface area contributed by atoms with E-state index in [1.54, 1.807) is 49.4 Å². The number of aryl methyl sites for hydroxylation is 2. The molecular weight excluding hydrogens is 489 g/mol. The Kier molecular flexibility index (Phi) is 6.16. The van der Waals surface area contributed by atoms with E-state index in [0.29, 0.717) is 34.2 Å². The average Bonchev–Trinajstić information content (AvgIpc) is 3.43. The van der Waals surface area contributed by atoms with Crippen LogP contribution in [0.15, 0.2) is 53.4 Å². The summed E-state index contributed by atoms with van der Waals surface area (Å²) in [5, 5.41) is 7.80. The maximum absolute atomic E-state index is 14.1. The smallest absolute Gasteiger partial charge is 0.243 e. The second-order valence-electron chi connectivity index (χ2n) is 8.65. The zero-order valence-electron chi connectivity index (χ0n) is 19.2. The highest BCUT2D eigenvalue weighted by Gasteiger charge is 2.32. The van der Waals surface area contributed by atoms with Crippen LogP contribution < -0.4 is 5.32 Å². The number of amides is 1. The fraction of sp³-hybridized carbons (Fsp3) is 0.292. The summed E-state index contributed by atoms with van der Waals surface area (Å²) in [5.41, 5.74) is 1.93. The van der Waals surface area contributed by atoms with Gasteiger partial charge in [0.25, 0.3) is 0 Å². The van der Waals surface area contributed by atoms with Crippen LogP contribution in [-0.4, -0.2) is 46.5 Å². The molecule has 1 aliphatic heterocycles. The van der Waals surface area contributed by atoms with Crippen LogP contribution in [0.3, 0.4) is 0 Å². The monoisotopic (exact) mass is 513 g/mol. The highest BCUT2D eigenvalue weighted by molar-refractivity contribution is 7.89. The summed E-state index contributed by atoms with van der Waals surface area (Å²) in [6, 6.07) is 13.3. The number of hydrogen-bond acceptors (Lipinski definition) is 6. The Labute approximate surface area is 206 Å². The molecule has 1 saturated heterocycles. The number of rotatable bonds is 5. The molecule has 0 saturated carbocycles. The molecule has 8 nitrogen and oxygen atoms in total. The lowest BCUT2D eigenvalue weighted by Crippen LogP contribution is -2.41. The summed E-state index contributed by atoms with van der Waals surface area (Å²) < 4.78 is 43.6. The molecule has 0 spiro atoms. The molecule has 3 heterocycles. The maximum atomic E-state index is 14.1. The first-order valence-electron chi connectivity index (χ1n) is 11.2.